The molecule has 4 rings (SSSR count). The Morgan fingerprint density at radius 2 is 1.78 bits per heavy atom. The largest absolute Gasteiger partial charge is 0.469 e. The molecule has 1 amide bonds. The number of hydrogen-bond acceptors (Lipinski definition) is 5. The summed E-state index contributed by atoms with van der Waals surface area (Å²) in [6.45, 7) is 1.97. The second-order valence-electron chi connectivity index (χ2n) is 7.25. The Bertz CT molecular complexity index is 1330. The first kappa shape index (κ1) is 21.0. The van der Waals surface area contributed by atoms with Gasteiger partial charge in [0.1, 0.15) is 6.61 Å². The molecule has 2 aromatic carbocycles. The summed E-state index contributed by atoms with van der Waals surface area (Å²) in [5.74, 6) is -1.79. The smallest absolute Gasteiger partial charge is 0.289 e. The van der Waals surface area contributed by atoms with E-state index in [4.69, 9.17) is 10.5 Å². The number of benzene rings is 2. The van der Waals surface area contributed by atoms with Crippen LogP contribution in [0.1, 0.15) is 21.6 Å². The van der Waals surface area contributed by atoms with E-state index in [0.717, 1.165) is 16.7 Å². The second kappa shape index (κ2) is 8.85. The summed E-state index contributed by atoms with van der Waals surface area (Å²) < 4.78 is 7.39. The first-order valence-electron chi connectivity index (χ1n) is 10.0. The topological polar surface area (TPSA) is 104 Å². The lowest BCUT2D eigenvalue weighted by atomic mass is 9.99. The summed E-state index contributed by atoms with van der Waals surface area (Å²) in [5, 5.41) is 0.368. The van der Waals surface area contributed by atoms with Gasteiger partial charge >= 0.3 is 0 Å². The summed E-state index contributed by atoms with van der Waals surface area (Å²) in [5.41, 5.74) is 9.85. The van der Waals surface area contributed by atoms with Gasteiger partial charge in [0.2, 0.25) is 5.88 Å². The Balaban J connectivity index is 1.92. The fourth-order valence-electron chi connectivity index (χ4n) is 3.94. The molecular formula is C25H21N3O4. The monoisotopic (exact) mass is 427 g/mol. The van der Waals surface area contributed by atoms with E-state index in [1.807, 2.05) is 59.2 Å². The van der Waals surface area contributed by atoms with Gasteiger partial charge in [-0.15, -0.1) is 0 Å². The van der Waals surface area contributed by atoms with Gasteiger partial charge in [-0.1, -0.05) is 54.6 Å². The first-order chi connectivity index (χ1) is 15.5. The van der Waals surface area contributed by atoms with Gasteiger partial charge in [-0.2, -0.15) is 0 Å². The van der Waals surface area contributed by atoms with Gasteiger partial charge in [-0.3, -0.25) is 14.4 Å². The average Bonchev–Trinajstić information content (AvgIpc) is 3.10. The number of primary amides is 1. The molecule has 0 fully saturated rings. The average molecular weight is 427 g/mol. The van der Waals surface area contributed by atoms with Gasteiger partial charge < -0.3 is 15.0 Å². The molecule has 7 heteroatoms. The van der Waals surface area contributed by atoms with Crippen molar-refractivity contribution in [2.45, 2.75) is 13.5 Å². The predicted molar refractivity (Wildman–Crippen MR) is 121 cm³/mol. The molecule has 0 spiro atoms. The lowest BCUT2D eigenvalue weighted by molar-refractivity contribution is -0.114. The van der Waals surface area contributed by atoms with E-state index in [-0.39, 0.29) is 18.1 Å². The number of amides is 1. The van der Waals surface area contributed by atoms with E-state index in [1.54, 1.807) is 19.2 Å². The molecular weight excluding hydrogens is 406 g/mol. The van der Waals surface area contributed by atoms with Gasteiger partial charge in [0.25, 0.3) is 11.7 Å². The molecule has 0 atom stereocenters. The molecule has 0 aliphatic carbocycles. The molecule has 2 heterocycles. The van der Waals surface area contributed by atoms with Crippen LogP contribution >= 0.6 is 0 Å². The highest BCUT2D eigenvalue weighted by Gasteiger charge is 2.27. The number of ketones is 1. The van der Waals surface area contributed by atoms with Gasteiger partial charge in [0, 0.05) is 18.4 Å². The standard InChI is InChI=1S/C25H21N3O4/c1-16-21(23(30)24(26)31)22-20(11-12-27-25(22)32-14-13-29)28(16)15-18-9-5-6-10-19(18)17-7-3-2-4-8-17/h2-13H,14-15H2,1H3,(H2,26,31). The zero-order valence-electron chi connectivity index (χ0n) is 17.4. The van der Waals surface area contributed by atoms with Crippen molar-refractivity contribution < 1.29 is 19.1 Å². The predicted octanol–water partition coefficient (Wildman–Crippen LogP) is 3.31. The maximum Gasteiger partial charge on any atom is 0.289 e. The number of carbonyl (C=O) groups is 3. The first-order valence-corrected chi connectivity index (χ1v) is 10.0. The van der Waals surface area contributed by atoms with Crippen molar-refractivity contribution in [3.05, 3.63) is 83.7 Å². The van der Waals surface area contributed by atoms with Gasteiger partial charge in [-0.05, 0) is 29.7 Å². The van der Waals surface area contributed by atoms with Crippen LogP contribution in [-0.4, -0.2) is 34.1 Å². The van der Waals surface area contributed by atoms with Crippen LogP contribution in [0.25, 0.3) is 22.0 Å². The van der Waals surface area contributed by atoms with Crippen molar-refractivity contribution >= 4 is 28.9 Å². The maximum absolute atomic E-state index is 12.7. The van der Waals surface area contributed by atoms with Crippen LogP contribution in [-0.2, 0) is 16.1 Å². The number of aldehydes is 1. The molecule has 0 aliphatic heterocycles. The molecule has 0 radical (unpaired) electrons. The van der Waals surface area contributed by atoms with Crippen molar-refractivity contribution in [1.29, 1.82) is 0 Å². The Morgan fingerprint density at radius 1 is 1.06 bits per heavy atom. The molecule has 0 saturated carbocycles. The Kier molecular flexibility index (Phi) is 5.81. The summed E-state index contributed by atoms with van der Waals surface area (Å²) >= 11 is 0. The zero-order valence-corrected chi connectivity index (χ0v) is 17.4. The van der Waals surface area contributed by atoms with Crippen LogP contribution < -0.4 is 10.5 Å². The highest BCUT2D eigenvalue weighted by atomic mass is 16.5. The zero-order chi connectivity index (χ0) is 22.7. The number of carbonyl (C=O) groups excluding carboxylic acids is 3. The minimum atomic E-state index is -1.07. The summed E-state index contributed by atoms with van der Waals surface area (Å²) in [4.78, 5) is 39.5. The van der Waals surface area contributed by atoms with Crippen molar-refractivity contribution in [1.82, 2.24) is 9.55 Å². The van der Waals surface area contributed by atoms with Crippen LogP contribution in [0, 0.1) is 6.92 Å². The van der Waals surface area contributed by atoms with E-state index in [9.17, 15) is 14.4 Å². The molecule has 0 bridgehead atoms. The molecule has 2 aromatic heterocycles. The van der Waals surface area contributed by atoms with Crippen LogP contribution in [0.5, 0.6) is 5.88 Å². The third kappa shape index (κ3) is 3.76. The number of nitrogens with zero attached hydrogens (tertiary/aromatic N) is 2. The maximum atomic E-state index is 12.7. The van der Waals surface area contributed by atoms with Gasteiger partial charge in [0.05, 0.1) is 16.5 Å². The number of ether oxygens (including phenoxy) is 1. The van der Waals surface area contributed by atoms with E-state index in [0.29, 0.717) is 29.4 Å². The highest BCUT2D eigenvalue weighted by Crippen LogP contribution is 2.34. The number of hydrogen-bond donors (Lipinski definition) is 1. The number of rotatable bonds is 8. The minimum Gasteiger partial charge on any atom is -0.469 e. The minimum absolute atomic E-state index is 0.109. The number of nitrogens with two attached hydrogens (primary N) is 1. The van der Waals surface area contributed by atoms with Crippen molar-refractivity contribution in [2.24, 2.45) is 5.73 Å². The fraction of sp³-hybridized carbons (Fsp3) is 0.120. The molecule has 160 valence electrons. The molecule has 2 N–H and O–H groups in total. The Labute approximate surface area is 184 Å². The third-order valence-electron chi connectivity index (χ3n) is 5.37. The van der Waals surface area contributed by atoms with E-state index < -0.39 is 11.7 Å². The van der Waals surface area contributed by atoms with E-state index >= 15 is 0 Å². The van der Waals surface area contributed by atoms with Crippen molar-refractivity contribution in [3.63, 3.8) is 0 Å². The number of Topliss-reactive ketones (excluding diaryl/α,β-unsaturated/α-hetero) is 1. The molecule has 0 saturated heterocycles. The second-order valence-corrected chi connectivity index (χ2v) is 7.25. The van der Waals surface area contributed by atoms with Gasteiger partial charge in [0.15, 0.2) is 6.29 Å². The van der Waals surface area contributed by atoms with Crippen LogP contribution in [0.3, 0.4) is 0 Å². The van der Waals surface area contributed by atoms with Crippen LogP contribution in [0.4, 0.5) is 0 Å². The lowest BCUT2D eigenvalue weighted by Crippen LogP contribution is -2.24. The van der Waals surface area contributed by atoms with Crippen LogP contribution in [0.15, 0.2) is 66.9 Å². The molecule has 0 aliphatic rings. The summed E-state index contributed by atoms with van der Waals surface area (Å²) in [6.07, 6.45) is 2.14. The Hall–Kier alpha value is -4.26. The number of aromatic nitrogens is 2. The quantitative estimate of drug-likeness (QED) is 0.264. The highest BCUT2D eigenvalue weighted by molar-refractivity contribution is 6.45. The SMILES string of the molecule is Cc1c(C(=O)C(N)=O)c2c(OCC=O)nccc2n1Cc1ccccc1-c1ccccc1. The molecule has 32 heavy (non-hydrogen) atoms. The lowest BCUT2D eigenvalue weighted by Gasteiger charge is -2.13. The molecule has 0 unspecified atom stereocenters. The Morgan fingerprint density at radius 3 is 2.50 bits per heavy atom. The summed E-state index contributed by atoms with van der Waals surface area (Å²) in [6, 6.07) is 19.7. The summed E-state index contributed by atoms with van der Waals surface area (Å²) in [7, 11) is 0. The van der Waals surface area contributed by atoms with Crippen molar-refractivity contribution in [2.75, 3.05) is 6.61 Å². The number of fused-ring (bicyclic) bond motifs is 1. The van der Waals surface area contributed by atoms with E-state index in [1.165, 1.54) is 0 Å². The van der Waals surface area contributed by atoms with Gasteiger partial charge in [-0.25, -0.2) is 4.98 Å². The third-order valence-corrected chi connectivity index (χ3v) is 5.37. The molecule has 7 nitrogen and oxygen atoms in total. The van der Waals surface area contributed by atoms with Crippen molar-refractivity contribution in [3.8, 4) is 17.0 Å². The number of pyridine rings is 1. The normalized spacial score (nSPS) is 10.8. The van der Waals surface area contributed by atoms with Crippen LogP contribution in [0.2, 0.25) is 0 Å². The fourth-order valence-corrected chi connectivity index (χ4v) is 3.94. The molecule has 4 aromatic rings. The van der Waals surface area contributed by atoms with E-state index in [2.05, 4.69) is 4.98 Å².